The molecule has 1 amide bonds. The quantitative estimate of drug-likeness (QED) is 0.563. The number of hydrogen-bond acceptors (Lipinski definition) is 7. The van der Waals surface area contributed by atoms with Crippen molar-refractivity contribution in [2.24, 2.45) is 5.92 Å². The van der Waals surface area contributed by atoms with Crippen molar-refractivity contribution in [2.45, 2.75) is 37.7 Å². The molecule has 1 N–H and O–H groups in total. The average molecular weight is 441 g/mol. The number of benzene rings is 1. The molecule has 3 heterocycles. The van der Waals surface area contributed by atoms with Crippen LogP contribution in [0, 0.1) is 5.92 Å². The van der Waals surface area contributed by atoms with Gasteiger partial charge in [-0.15, -0.1) is 10.2 Å². The normalized spacial score (nSPS) is 15.4. The van der Waals surface area contributed by atoms with E-state index in [9.17, 15) is 4.79 Å². The summed E-state index contributed by atoms with van der Waals surface area (Å²) in [6.07, 6.45) is 1.75. The summed E-state index contributed by atoms with van der Waals surface area (Å²) < 4.78 is 7.60. The van der Waals surface area contributed by atoms with Crippen molar-refractivity contribution < 1.29 is 9.53 Å². The number of nitrogens with zero attached hydrogens (tertiary/aromatic N) is 5. The molecule has 0 spiro atoms. The monoisotopic (exact) mass is 440 g/mol. The van der Waals surface area contributed by atoms with Gasteiger partial charge in [0.05, 0.1) is 29.7 Å². The summed E-state index contributed by atoms with van der Waals surface area (Å²) in [5, 5.41) is 13.3. The highest BCUT2D eigenvalue weighted by atomic mass is 32.2. The van der Waals surface area contributed by atoms with E-state index in [1.807, 2.05) is 37.3 Å². The van der Waals surface area contributed by atoms with E-state index in [1.54, 1.807) is 6.20 Å². The van der Waals surface area contributed by atoms with Crippen molar-refractivity contribution in [1.29, 1.82) is 0 Å². The molecule has 2 aromatic heterocycles. The number of carbonyl (C=O) groups excluding carboxylic acids is 1. The van der Waals surface area contributed by atoms with Crippen LogP contribution in [-0.4, -0.2) is 57.2 Å². The van der Waals surface area contributed by atoms with Crippen LogP contribution in [0.4, 0.5) is 11.6 Å². The van der Waals surface area contributed by atoms with Crippen LogP contribution in [0.3, 0.4) is 0 Å². The first kappa shape index (κ1) is 21.6. The van der Waals surface area contributed by atoms with Gasteiger partial charge < -0.3 is 15.0 Å². The van der Waals surface area contributed by atoms with Crippen molar-refractivity contribution >= 4 is 40.2 Å². The SMILES string of the molecule is CC(C)Cn1c(SC(C)C(=O)Nc2cccc3ncccc23)nnc1N1CCOCC1. The number of aromatic nitrogens is 4. The van der Waals surface area contributed by atoms with Gasteiger partial charge in [0.25, 0.3) is 0 Å². The first-order chi connectivity index (χ1) is 15.0. The molecule has 1 aliphatic rings. The molecule has 0 bridgehead atoms. The Labute approximate surface area is 186 Å². The van der Waals surface area contributed by atoms with Gasteiger partial charge in [-0.05, 0) is 37.1 Å². The van der Waals surface area contributed by atoms with Crippen LogP contribution in [0.25, 0.3) is 10.9 Å². The summed E-state index contributed by atoms with van der Waals surface area (Å²) in [6, 6.07) is 9.57. The van der Waals surface area contributed by atoms with Gasteiger partial charge in [0, 0.05) is 31.2 Å². The number of amides is 1. The van der Waals surface area contributed by atoms with Gasteiger partial charge >= 0.3 is 0 Å². The Balaban J connectivity index is 1.51. The number of nitrogens with one attached hydrogen (secondary N) is 1. The molecule has 3 aromatic rings. The van der Waals surface area contributed by atoms with Crippen molar-refractivity contribution in [3.63, 3.8) is 0 Å². The molecule has 1 aliphatic heterocycles. The topological polar surface area (TPSA) is 85.2 Å². The number of anilines is 2. The molecule has 0 saturated carbocycles. The predicted octanol–water partition coefficient (Wildman–Crippen LogP) is 3.44. The second-order valence-corrected chi connectivity index (χ2v) is 9.32. The molecule has 1 fully saturated rings. The summed E-state index contributed by atoms with van der Waals surface area (Å²) in [4.78, 5) is 19.5. The summed E-state index contributed by atoms with van der Waals surface area (Å²) in [7, 11) is 0. The molecule has 0 radical (unpaired) electrons. The smallest absolute Gasteiger partial charge is 0.237 e. The Bertz CT molecular complexity index is 1040. The Morgan fingerprint density at radius 3 is 2.74 bits per heavy atom. The highest BCUT2D eigenvalue weighted by molar-refractivity contribution is 8.00. The molecule has 9 heteroatoms. The first-order valence-electron chi connectivity index (χ1n) is 10.6. The van der Waals surface area contributed by atoms with Gasteiger partial charge in [0.15, 0.2) is 5.16 Å². The minimum atomic E-state index is -0.334. The van der Waals surface area contributed by atoms with Crippen molar-refractivity contribution in [3.05, 3.63) is 36.5 Å². The van der Waals surface area contributed by atoms with E-state index in [1.165, 1.54) is 11.8 Å². The van der Waals surface area contributed by atoms with Gasteiger partial charge in [-0.25, -0.2) is 0 Å². The molecule has 4 rings (SSSR count). The molecule has 1 aromatic carbocycles. The molecule has 164 valence electrons. The van der Waals surface area contributed by atoms with E-state index in [0.29, 0.717) is 19.1 Å². The highest BCUT2D eigenvalue weighted by Crippen LogP contribution is 2.29. The maximum absolute atomic E-state index is 13.0. The molecular weight excluding hydrogens is 412 g/mol. The fraction of sp³-hybridized carbons (Fsp3) is 0.455. The van der Waals surface area contributed by atoms with E-state index >= 15 is 0 Å². The zero-order chi connectivity index (χ0) is 21.8. The highest BCUT2D eigenvalue weighted by Gasteiger charge is 2.24. The van der Waals surface area contributed by atoms with Crippen molar-refractivity contribution in [1.82, 2.24) is 19.7 Å². The Kier molecular flexibility index (Phi) is 6.72. The number of rotatable bonds is 7. The van der Waals surface area contributed by atoms with Crippen LogP contribution in [0.1, 0.15) is 20.8 Å². The molecule has 31 heavy (non-hydrogen) atoms. The standard InChI is InChI=1S/C22H28N6O2S/c1-15(2)14-28-21(27-10-12-30-13-11-27)25-26-22(28)31-16(3)20(29)24-19-8-4-7-18-17(19)6-5-9-23-18/h4-9,15-16H,10-14H2,1-3H3,(H,24,29). The van der Waals surface area contributed by atoms with Crippen molar-refractivity contribution in [2.75, 3.05) is 36.5 Å². The van der Waals surface area contributed by atoms with Crippen LogP contribution in [0.15, 0.2) is 41.7 Å². The number of ether oxygens (including phenoxy) is 1. The molecule has 8 nitrogen and oxygen atoms in total. The number of carbonyl (C=O) groups is 1. The third kappa shape index (κ3) is 4.99. The lowest BCUT2D eigenvalue weighted by Crippen LogP contribution is -2.38. The lowest BCUT2D eigenvalue weighted by atomic mass is 10.2. The Morgan fingerprint density at radius 1 is 1.16 bits per heavy atom. The van der Waals surface area contributed by atoms with Crippen LogP contribution in [0.5, 0.6) is 0 Å². The minimum absolute atomic E-state index is 0.0756. The van der Waals surface area contributed by atoms with Gasteiger partial charge in [-0.2, -0.15) is 0 Å². The van der Waals surface area contributed by atoms with Crippen LogP contribution in [0.2, 0.25) is 0 Å². The fourth-order valence-corrected chi connectivity index (χ4v) is 4.40. The third-order valence-electron chi connectivity index (χ3n) is 5.09. The second kappa shape index (κ2) is 9.65. The number of morpholine rings is 1. The fourth-order valence-electron chi connectivity index (χ4n) is 3.55. The van der Waals surface area contributed by atoms with E-state index in [2.05, 4.69) is 43.8 Å². The number of fused-ring (bicyclic) bond motifs is 1. The first-order valence-corrected chi connectivity index (χ1v) is 11.5. The number of pyridine rings is 1. The maximum atomic E-state index is 13.0. The van der Waals surface area contributed by atoms with Crippen LogP contribution < -0.4 is 10.2 Å². The summed E-state index contributed by atoms with van der Waals surface area (Å²) in [6.45, 7) is 10.0. The molecule has 0 aliphatic carbocycles. The predicted molar refractivity (Wildman–Crippen MR) is 124 cm³/mol. The van der Waals surface area contributed by atoms with Gasteiger partial charge in [0.1, 0.15) is 0 Å². The second-order valence-electron chi connectivity index (χ2n) is 8.01. The van der Waals surface area contributed by atoms with Crippen molar-refractivity contribution in [3.8, 4) is 0 Å². The van der Waals surface area contributed by atoms with E-state index in [0.717, 1.165) is 47.3 Å². The van der Waals surface area contributed by atoms with Gasteiger partial charge in [-0.1, -0.05) is 31.7 Å². The van der Waals surface area contributed by atoms with Gasteiger partial charge in [-0.3, -0.25) is 14.3 Å². The molecule has 1 unspecified atom stereocenters. The minimum Gasteiger partial charge on any atom is -0.378 e. The zero-order valence-electron chi connectivity index (χ0n) is 18.1. The lowest BCUT2D eigenvalue weighted by molar-refractivity contribution is -0.115. The summed E-state index contributed by atoms with van der Waals surface area (Å²) >= 11 is 1.43. The maximum Gasteiger partial charge on any atom is 0.237 e. The largest absolute Gasteiger partial charge is 0.378 e. The summed E-state index contributed by atoms with van der Waals surface area (Å²) in [5.74, 6) is 1.21. The third-order valence-corrected chi connectivity index (χ3v) is 6.17. The number of thioether (sulfide) groups is 1. The lowest BCUT2D eigenvalue weighted by Gasteiger charge is -2.28. The average Bonchev–Trinajstić information content (AvgIpc) is 3.16. The van der Waals surface area contributed by atoms with E-state index in [-0.39, 0.29) is 11.2 Å². The zero-order valence-corrected chi connectivity index (χ0v) is 18.9. The Morgan fingerprint density at radius 2 is 1.97 bits per heavy atom. The summed E-state index contributed by atoms with van der Waals surface area (Å²) in [5.41, 5.74) is 1.62. The molecule has 1 saturated heterocycles. The van der Waals surface area contributed by atoms with Gasteiger partial charge in [0.2, 0.25) is 11.9 Å². The number of hydrogen-bond donors (Lipinski definition) is 1. The van der Waals surface area contributed by atoms with Crippen LogP contribution in [-0.2, 0) is 16.1 Å². The van der Waals surface area contributed by atoms with E-state index < -0.39 is 0 Å². The Hall–Kier alpha value is -2.65. The molecule has 1 atom stereocenters. The van der Waals surface area contributed by atoms with E-state index in [4.69, 9.17) is 4.74 Å². The molecular formula is C22H28N6O2S. The van der Waals surface area contributed by atoms with Crippen LogP contribution >= 0.6 is 11.8 Å².